The molecule has 2 aromatic rings. The zero-order valence-electron chi connectivity index (χ0n) is 13.3. The van der Waals surface area contributed by atoms with Crippen molar-refractivity contribution in [2.24, 2.45) is 13.0 Å². The van der Waals surface area contributed by atoms with Gasteiger partial charge in [-0.1, -0.05) is 31.2 Å². The molecule has 0 fully saturated rings. The third-order valence-electron chi connectivity index (χ3n) is 4.84. The number of aromatic nitrogens is 2. The first-order valence-corrected chi connectivity index (χ1v) is 7.97. The lowest BCUT2D eigenvalue weighted by Gasteiger charge is -2.23. The summed E-state index contributed by atoms with van der Waals surface area (Å²) in [5.41, 5.74) is 5.59. The van der Waals surface area contributed by atoms with Crippen molar-refractivity contribution in [2.45, 2.75) is 38.6 Å². The van der Waals surface area contributed by atoms with E-state index in [2.05, 4.69) is 61.8 Å². The maximum atomic E-state index is 4.57. The summed E-state index contributed by atoms with van der Waals surface area (Å²) < 4.78 is 2.05. The first-order chi connectivity index (χ1) is 10.2. The molecule has 1 heterocycles. The van der Waals surface area contributed by atoms with Gasteiger partial charge in [0.15, 0.2) is 0 Å². The van der Waals surface area contributed by atoms with Crippen LogP contribution in [-0.2, 0) is 32.7 Å². The monoisotopic (exact) mass is 283 g/mol. The van der Waals surface area contributed by atoms with Crippen LogP contribution in [0, 0.1) is 5.92 Å². The molecule has 1 N–H and O–H groups in total. The van der Waals surface area contributed by atoms with Crippen LogP contribution in [-0.4, -0.2) is 22.9 Å². The second-order valence-electron chi connectivity index (χ2n) is 6.14. The second-order valence-corrected chi connectivity index (χ2v) is 6.14. The molecule has 0 amide bonds. The van der Waals surface area contributed by atoms with Gasteiger partial charge in [0.05, 0.1) is 5.69 Å². The van der Waals surface area contributed by atoms with Crippen LogP contribution in [0.25, 0.3) is 0 Å². The Bertz CT molecular complexity index is 590. The van der Waals surface area contributed by atoms with E-state index in [0.717, 1.165) is 12.8 Å². The zero-order chi connectivity index (χ0) is 14.8. The van der Waals surface area contributed by atoms with E-state index in [1.165, 1.54) is 35.4 Å². The first kappa shape index (κ1) is 14.3. The molecule has 1 atom stereocenters. The molecule has 1 aromatic carbocycles. The molecule has 0 aliphatic heterocycles. The van der Waals surface area contributed by atoms with E-state index in [1.54, 1.807) is 0 Å². The minimum atomic E-state index is 0.512. The van der Waals surface area contributed by atoms with Crippen molar-refractivity contribution >= 4 is 0 Å². The molecule has 0 saturated carbocycles. The number of rotatable bonds is 5. The standard InChI is InChI=1S/C18H25N3/c1-4-16-11-17(21(3)20-16)12-18(19-2)15-9-13-7-5-6-8-14(13)10-15/h5-8,11,15,18-19H,4,9-10,12H2,1-3H3. The third-order valence-corrected chi connectivity index (χ3v) is 4.84. The number of hydrogen-bond donors (Lipinski definition) is 1. The van der Waals surface area contributed by atoms with Crippen molar-refractivity contribution < 1.29 is 0 Å². The highest BCUT2D eigenvalue weighted by molar-refractivity contribution is 5.32. The van der Waals surface area contributed by atoms with Crippen LogP contribution in [0.15, 0.2) is 30.3 Å². The average molecular weight is 283 g/mol. The Morgan fingerprint density at radius 3 is 2.48 bits per heavy atom. The summed E-state index contributed by atoms with van der Waals surface area (Å²) in [4.78, 5) is 0. The Morgan fingerprint density at radius 2 is 1.95 bits per heavy atom. The number of aryl methyl sites for hydroxylation is 2. The highest BCUT2D eigenvalue weighted by Gasteiger charge is 2.28. The SMILES string of the molecule is CCc1cc(CC(NC)C2Cc3ccccc3C2)n(C)n1. The Kier molecular flexibility index (Phi) is 4.11. The Balaban J connectivity index is 1.73. The molecular formula is C18H25N3. The van der Waals surface area contributed by atoms with Gasteiger partial charge in [-0.05, 0) is 49.4 Å². The summed E-state index contributed by atoms with van der Waals surface area (Å²) in [6.07, 6.45) is 4.45. The molecule has 3 heteroatoms. The van der Waals surface area contributed by atoms with Crippen LogP contribution >= 0.6 is 0 Å². The summed E-state index contributed by atoms with van der Waals surface area (Å²) in [5.74, 6) is 0.687. The van der Waals surface area contributed by atoms with Gasteiger partial charge in [0.25, 0.3) is 0 Å². The van der Waals surface area contributed by atoms with E-state index >= 15 is 0 Å². The van der Waals surface area contributed by atoms with Gasteiger partial charge in [-0.15, -0.1) is 0 Å². The molecule has 1 unspecified atom stereocenters. The number of likely N-dealkylation sites (N-methyl/N-ethyl adjacent to an activating group) is 1. The van der Waals surface area contributed by atoms with Gasteiger partial charge >= 0.3 is 0 Å². The summed E-state index contributed by atoms with van der Waals surface area (Å²) in [7, 11) is 4.15. The topological polar surface area (TPSA) is 29.9 Å². The van der Waals surface area contributed by atoms with Gasteiger partial charge in [0.1, 0.15) is 0 Å². The van der Waals surface area contributed by atoms with E-state index in [9.17, 15) is 0 Å². The van der Waals surface area contributed by atoms with Crippen molar-refractivity contribution in [3.05, 3.63) is 52.8 Å². The molecule has 0 spiro atoms. The van der Waals surface area contributed by atoms with Gasteiger partial charge in [-0.3, -0.25) is 4.68 Å². The molecule has 3 nitrogen and oxygen atoms in total. The van der Waals surface area contributed by atoms with Crippen LogP contribution in [0.3, 0.4) is 0 Å². The Labute approximate surface area is 127 Å². The summed E-state index contributed by atoms with van der Waals surface area (Å²) in [6, 6.07) is 11.6. The smallest absolute Gasteiger partial charge is 0.0624 e. The molecule has 3 rings (SSSR count). The van der Waals surface area contributed by atoms with Crippen LogP contribution in [0.1, 0.15) is 29.4 Å². The molecule has 1 aliphatic carbocycles. The molecule has 0 bridgehead atoms. The maximum absolute atomic E-state index is 4.57. The van der Waals surface area contributed by atoms with Gasteiger partial charge in [-0.25, -0.2) is 0 Å². The number of nitrogens with zero attached hydrogens (tertiary/aromatic N) is 2. The van der Waals surface area contributed by atoms with E-state index < -0.39 is 0 Å². The first-order valence-electron chi connectivity index (χ1n) is 7.97. The predicted octanol–water partition coefficient (Wildman–Crippen LogP) is 2.53. The van der Waals surface area contributed by atoms with Crippen molar-refractivity contribution in [3.8, 4) is 0 Å². The number of benzene rings is 1. The van der Waals surface area contributed by atoms with Crippen molar-refractivity contribution in [3.63, 3.8) is 0 Å². The summed E-state index contributed by atoms with van der Waals surface area (Å²) in [6.45, 7) is 2.16. The van der Waals surface area contributed by atoms with Crippen LogP contribution in [0.4, 0.5) is 0 Å². The lowest BCUT2D eigenvalue weighted by molar-refractivity contribution is 0.376. The quantitative estimate of drug-likeness (QED) is 0.914. The van der Waals surface area contributed by atoms with Crippen LogP contribution in [0.5, 0.6) is 0 Å². The predicted molar refractivity (Wildman–Crippen MR) is 86.5 cm³/mol. The van der Waals surface area contributed by atoms with E-state index in [0.29, 0.717) is 12.0 Å². The summed E-state index contributed by atoms with van der Waals surface area (Å²) >= 11 is 0. The van der Waals surface area contributed by atoms with Gasteiger partial charge in [0.2, 0.25) is 0 Å². The maximum Gasteiger partial charge on any atom is 0.0624 e. The van der Waals surface area contributed by atoms with Crippen LogP contribution in [0.2, 0.25) is 0 Å². The van der Waals surface area contributed by atoms with E-state index in [-0.39, 0.29) is 0 Å². The van der Waals surface area contributed by atoms with Crippen molar-refractivity contribution in [1.82, 2.24) is 15.1 Å². The van der Waals surface area contributed by atoms with Crippen molar-refractivity contribution in [1.29, 1.82) is 0 Å². The van der Waals surface area contributed by atoms with Gasteiger partial charge in [-0.2, -0.15) is 5.10 Å². The second kappa shape index (κ2) is 6.02. The highest BCUT2D eigenvalue weighted by atomic mass is 15.3. The van der Waals surface area contributed by atoms with Gasteiger partial charge in [0, 0.05) is 25.2 Å². The zero-order valence-corrected chi connectivity index (χ0v) is 13.3. The minimum absolute atomic E-state index is 0.512. The Hall–Kier alpha value is -1.61. The molecule has 112 valence electrons. The van der Waals surface area contributed by atoms with E-state index in [1.807, 2.05) is 4.68 Å². The van der Waals surface area contributed by atoms with Crippen molar-refractivity contribution in [2.75, 3.05) is 7.05 Å². The molecule has 1 aromatic heterocycles. The molecule has 0 saturated heterocycles. The molecular weight excluding hydrogens is 258 g/mol. The van der Waals surface area contributed by atoms with E-state index in [4.69, 9.17) is 0 Å². The third kappa shape index (κ3) is 2.88. The van der Waals surface area contributed by atoms with Crippen LogP contribution < -0.4 is 5.32 Å². The fourth-order valence-corrected chi connectivity index (χ4v) is 3.54. The number of nitrogens with one attached hydrogen (secondary N) is 1. The fourth-order valence-electron chi connectivity index (χ4n) is 3.54. The molecule has 21 heavy (non-hydrogen) atoms. The fraction of sp³-hybridized carbons (Fsp3) is 0.500. The molecule has 0 radical (unpaired) electrons. The lowest BCUT2D eigenvalue weighted by Crippen LogP contribution is -2.36. The largest absolute Gasteiger partial charge is 0.316 e. The Morgan fingerprint density at radius 1 is 1.29 bits per heavy atom. The average Bonchev–Trinajstić information content (AvgIpc) is 3.07. The summed E-state index contributed by atoms with van der Waals surface area (Å²) in [5, 5.41) is 8.11. The lowest BCUT2D eigenvalue weighted by atomic mass is 9.93. The molecule has 1 aliphatic rings. The normalized spacial score (nSPS) is 16.1. The number of hydrogen-bond acceptors (Lipinski definition) is 2. The van der Waals surface area contributed by atoms with Gasteiger partial charge < -0.3 is 5.32 Å². The number of fused-ring (bicyclic) bond motifs is 1. The minimum Gasteiger partial charge on any atom is -0.316 e. The highest BCUT2D eigenvalue weighted by Crippen LogP contribution is 2.29.